The van der Waals surface area contributed by atoms with E-state index >= 15 is 0 Å². The molecule has 21 heavy (non-hydrogen) atoms. The molecule has 106 valence electrons. The van der Waals surface area contributed by atoms with Crippen LogP contribution >= 0.6 is 11.8 Å². The van der Waals surface area contributed by atoms with Crippen molar-refractivity contribution in [1.29, 1.82) is 0 Å². The summed E-state index contributed by atoms with van der Waals surface area (Å²) in [7, 11) is 0. The van der Waals surface area contributed by atoms with Gasteiger partial charge in [-0.15, -0.1) is 0 Å². The molecule has 2 aromatic rings. The molecular weight excluding hydrogens is 278 g/mol. The largest absolute Gasteiger partial charge is 0.298 e. The van der Waals surface area contributed by atoms with Crippen LogP contribution in [0.1, 0.15) is 16.7 Å². The average molecular weight is 295 g/mol. The minimum absolute atomic E-state index is 0.842. The number of hydrogen-bond donors (Lipinski definition) is 2. The third-order valence-electron chi connectivity index (χ3n) is 3.22. The Labute approximate surface area is 129 Å². The molecule has 0 saturated heterocycles. The summed E-state index contributed by atoms with van der Waals surface area (Å²) in [5, 5.41) is 2.92. The lowest BCUT2D eigenvalue weighted by atomic mass is 10.1. The van der Waals surface area contributed by atoms with Gasteiger partial charge in [-0.2, -0.15) is 0 Å². The second kappa shape index (κ2) is 6.06. The third kappa shape index (κ3) is 3.47. The van der Waals surface area contributed by atoms with E-state index < -0.39 is 0 Å². The highest BCUT2D eigenvalue weighted by Crippen LogP contribution is 2.22. The summed E-state index contributed by atoms with van der Waals surface area (Å²) in [6, 6.07) is 16.6. The van der Waals surface area contributed by atoms with Gasteiger partial charge in [0.15, 0.2) is 5.17 Å². The molecule has 4 heteroatoms. The Morgan fingerprint density at radius 2 is 1.43 bits per heavy atom. The number of rotatable bonds is 2. The van der Waals surface area contributed by atoms with Crippen LogP contribution in [0.4, 0.5) is 5.69 Å². The number of aryl methyl sites for hydroxylation is 2. The van der Waals surface area contributed by atoms with E-state index in [1.54, 1.807) is 11.8 Å². The minimum Gasteiger partial charge on any atom is -0.298 e. The molecule has 0 atom stereocenters. The molecule has 0 radical (unpaired) electrons. The second-order valence-corrected chi connectivity index (χ2v) is 5.88. The van der Waals surface area contributed by atoms with E-state index in [1.165, 1.54) is 11.1 Å². The molecule has 0 unspecified atom stereocenters. The Bertz CT molecular complexity index is 685. The van der Waals surface area contributed by atoms with Crippen molar-refractivity contribution in [3.63, 3.8) is 0 Å². The van der Waals surface area contributed by atoms with E-state index in [-0.39, 0.29) is 0 Å². The van der Waals surface area contributed by atoms with Crippen molar-refractivity contribution in [2.24, 2.45) is 4.99 Å². The molecule has 0 aliphatic carbocycles. The molecule has 0 aromatic heterocycles. The number of hydrazine groups is 1. The molecular formula is C17H17N3S. The molecule has 0 saturated carbocycles. The molecule has 1 aliphatic heterocycles. The van der Waals surface area contributed by atoms with Crippen LogP contribution in [0.25, 0.3) is 5.70 Å². The maximum Gasteiger partial charge on any atom is 0.184 e. The molecule has 2 aromatic carbocycles. The van der Waals surface area contributed by atoms with E-state index in [4.69, 9.17) is 0 Å². The van der Waals surface area contributed by atoms with Crippen molar-refractivity contribution >= 4 is 28.3 Å². The van der Waals surface area contributed by atoms with Crippen LogP contribution in [0.5, 0.6) is 0 Å². The molecule has 2 N–H and O–H groups in total. The third-order valence-corrected chi connectivity index (χ3v) is 3.99. The predicted molar refractivity (Wildman–Crippen MR) is 91.3 cm³/mol. The lowest BCUT2D eigenvalue weighted by Crippen LogP contribution is -2.36. The summed E-state index contributed by atoms with van der Waals surface area (Å²) >= 11 is 1.58. The first kappa shape index (κ1) is 13.8. The summed E-state index contributed by atoms with van der Waals surface area (Å²) < 4.78 is 0. The fraction of sp³-hybridized carbons (Fsp3) is 0.118. The van der Waals surface area contributed by atoms with Crippen molar-refractivity contribution < 1.29 is 0 Å². The normalized spacial score (nSPS) is 16.1. The van der Waals surface area contributed by atoms with Crippen LogP contribution in [0.3, 0.4) is 0 Å². The fourth-order valence-electron chi connectivity index (χ4n) is 1.96. The molecule has 0 bridgehead atoms. The number of thioether (sulfide) groups is 1. The summed E-state index contributed by atoms with van der Waals surface area (Å²) in [5.74, 6) is 0. The van der Waals surface area contributed by atoms with E-state index in [0.717, 1.165) is 22.1 Å². The summed E-state index contributed by atoms with van der Waals surface area (Å²) in [5.41, 5.74) is 12.0. The highest BCUT2D eigenvalue weighted by atomic mass is 32.2. The Kier molecular flexibility index (Phi) is 3.97. The van der Waals surface area contributed by atoms with Gasteiger partial charge in [-0.3, -0.25) is 10.9 Å². The van der Waals surface area contributed by atoms with Crippen molar-refractivity contribution in [3.05, 3.63) is 70.6 Å². The van der Waals surface area contributed by atoms with Gasteiger partial charge in [-0.1, -0.05) is 59.3 Å². The lowest BCUT2D eigenvalue weighted by molar-refractivity contribution is 0.848. The Hall–Kier alpha value is -2.20. The average Bonchev–Trinajstić information content (AvgIpc) is 2.51. The number of nitrogens with zero attached hydrogens (tertiary/aromatic N) is 1. The summed E-state index contributed by atoms with van der Waals surface area (Å²) in [4.78, 5) is 4.56. The number of amidine groups is 1. The van der Waals surface area contributed by atoms with E-state index in [0.29, 0.717) is 0 Å². The highest BCUT2D eigenvalue weighted by Gasteiger charge is 2.09. The van der Waals surface area contributed by atoms with E-state index in [9.17, 15) is 0 Å². The first-order valence-electron chi connectivity index (χ1n) is 6.82. The number of aliphatic imine (C=N–C) groups is 1. The summed E-state index contributed by atoms with van der Waals surface area (Å²) in [6.07, 6.45) is 0. The minimum atomic E-state index is 0.842. The second-order valence-electron chi connectivity index (χ2n) is 5.02. The molecule has 0 amide bonds. The molecule has 1 aliphatic rings. The topological polar surface area (TPSA) is 36.4 Å². The SMILES string of the molecule is Cc1ccc(N=C2NNC(c3ccc(C)cc3)=CS2)cc1. The number of benzene rings is 2. The van der Waals surface area contributed by atoms with Gasteiger partial charge in [0.2, 0.25) is 0 Å². The van der Waals surface area contributed by atoms with Crippen LogP contribution in [0.15, 0.2) is 58.9 Å². The quantitative estimate of drug-likeness (QED) is 0.874. The fourth-order valence-corrected chi connectivity index (χ4v) is 2.65. The Morgan fingerprint density at radius 1 is 0.810 bits per heavy atom. The lowest BCUT2D eigenvalue weighted by Gasteiger charge is -2.19. The monoisotopic (exact) mass is 295 g/mol. The molecule has 0 spiro atoms. The van der Waals surface area contributed by atoms with Crippen LogP contribution in [-0.4, -0.2) is 5.17 Å². The van der Waals surface area contributed by atoms with Crippen LogP contribution in [-0.2, 0) is 0 Å². The standard InChI is InChI=1S/C17H17N3S/c1-12-3-7-14(8-4-12)16-11-21-17(20-19-16)18-15-9-5-13(2)6-10-15/h3-11,19H,1-2H3,(H,18,20). The number of hydrogen-bond acceptors (Lipinski definition) is 3. The number of nitrogens with one attached hydrogen (secondary N) is 2. The zero-order valence-electron chi connectivity index (χ0n) is 12.1. The van der Waals surface area contributed by atoms with Crippen molar-refractivity contribution in [2.45, 2.75) is 13.8 Å². The van der Waals surface area contributed by atoms with Gasteiger partial charge < -0.3 is 0 Å². The summed E-state index contributed by atoms with van der Waals surface area (Å²) in [6.45, 7) is 4.16. The van der Waals surface area contributed by atoms with Gasteiger partial charge >= 0.3 is 0 Å². The molecule has 1 heterocycles. The van der Waals surface area contributed by atoms with Crippen LogP contribution in [0.2, 0.25) is 0 Å². The maximum absolute atomic E-state index is 4.56. The van der Waals surface area contributed by atoms with E-state index in [1.807, 2.05) is 12.1 Å². The Morgan fingerprint density at radius 3 is 2.00 bits per heavy atom. The predicted octanol–water partition coefficient (Wildman–Crippen LogP) is 4.13. The smallest absolute Gasteiger partial charge is 0.184 e. The zero-order valence-corrected chi connectivity index (χ0v) is 12.9. The van der Waals surface area contributed by atoms with Crippen molar-refractivity contribution in [1.82, 2.24) is 10.9 Å². The van der Waals surface area contributed by atoms with E-state index in [2.05, 4.69) is 71.5 Å². The van der Waals surface area contributed by atoms with Gasteiger partial charge in [0, 0.05) is 5.41 Å². The van der Waals surface area contributed by atoms with Gasteiger partial charge in [0.1, 0.15) is 0 Å². The highest BCUT2D eigenvalue weighted by molar-refractivity contribution is 8.16. The van der Waals surface area contributed by atoms with Gasteiger partial charge in [0.05, 0.1) is 11.4 Å². The Balaban J connectivity index is 1.74. The molecule has 0 fully saturated rings. The van der Waals surface area contributed by atoms with Gasteiger partial charge in [-0.05, 0) is 31.5 Å². The van der Waals surface area contributed by atoms with Gasteiger partial charge in [0.25, 0.3) is 0 Å². The van der Waals surface area contributed by atoms with Crippen LogP contribution in [0, 0.1) is 13.8 Å². The van der Waals surface area contributed by atoms with Gasteiger partial charge in [-0.25, -0.2) is 4.99 Å². The zero-order chi connectivity index (χ0) is 14.7. The maximum atomic E-state index is 4.56. The van der Waals surface area contributed by atoms with Crippen molar-refractivity contribution in [3.8, 4) is 0 Å². The molecule has 3 nitrogen and oxygen atoms in total. The van der Waals surface area contributed by atoms with Crippen LogP contribution < -0.4 is 10.9 Å². The van der Waals surface area contributed by atoms with Crippen molar-refractivity contribution in [2.75, 3.05) is 0 Å². The first-order valence-corrected chi connectivity index (χ1v) is 7.70. The first-order chi connectivity index (χ1) is 10.2. The molecule has 3 rings (SSSR count).